The maximum absolute atomic E-state index is 13.6. The molecule has 1 unspecified atom stereocenters. The quantitative estimate of drug-likeness (QED) is 0.437. The fraction of sp³-hybridized carbons (Fsp3) is 0.407. The molecule has 7 nitrogen and oxygen atoms in total. The molecular formula is C27H29FN2O5. The number of esters is 1. The first kappa shape index (κ1) is 24.6. The number of halogens is 1. The molecule has 0 N–H and O–H groups in total. The largest absolute Gasteiger partial charge is 0.462 e. The summed E-state index contributed by atoms with van der Waals surface area (Å²) in [5.74, 6) is -2.10. The number of imide groups is 1. The van der Waals surface area contributed by atoms with Crippen molar-refractivity contribution in [3.63, 3.8) is 0 Å². The molecule has 2 aromatic carbocycles. The summed E-state index contributed by atoms with van der Waals surface area (Å²) in [6.45, 7) is 2.07. The molecule has 0 aromatic heterocycles. The molecule has 1 heterocycles. The van der Waals surface area contributed by atoms with Gasteiger partial charge in [0.1, 0.15) is 11.9 Å². The van der Waals surface area contributed by atoms with Crippen molar-refractivity contribution in [3.8, 4) is 0 Å². The fourth-order valence-corrected chi connectivity index (χ4v) is 4.80. The fourth-order valence-electron chi connectivity index (χ4n) is 4.80. The van der Waals surface area contributed by atoms with Gasteiger partial charge in [-0.3, -0.25) is 14.4 Å². The molecule has 35 heavy (non-hydrogen) atoms. The van der Waals surface area contributed by atoms with Crippen LogP contribution in [0.15, 0.2) is 48.5 Å². The van der Waals surface area contributed by atoms with Gasteiger partial charge in [-0.1, -0.05) is 31.4 Å². The van der Waals surface area contributed by atoms with Crippen molar-refractivity contribution in [1.82, 2.24) is 4.90 Å². The number of ether oxygens (including phenoxy) is 1. The van der Waals surface area contributed by atoms with Crippen LogP contribution in [0, 0.1) is 11.7 Å². The van der Waals surface area contributed by atoms with E-state index in [1.165, 1.54) is 41.3 Å². The molecule has 1 saturated heterocycles. The molecule has 0 radical (unpaired) electrons. The number of hydrogen-bond donors (Lipinski definition) is 0. The number of anilines is 1. The molecular weight excluding hydrogens is 451 g/mol. The first-order valence-corrected chi connectivity index (χ1v) is 12.1. The van der Waals surface area contributed by atoms with Gasteiger partial charge in [0.2, 0.25) is 11.8 Å². The highest BCUT2D eigenvalue weighted by Gasteiger charge is 2.45. The normalized spacial score (nSPS) is 18.6. The van der Waals surface area contributed by atoms with Crippen LogP contribution in [0.3, 0.4) is 0 Å². The van der Waals surface area contributed by atoms with Gasteiger partial charge in [-0.15, -0.1) is 0 Å². The van der Waals surface area contributed by atoms with Gasteiger partial charge in [0.05, 0.1) is 24.3 Å². The van der Waals surface area contributed by atoms with E-state index in [-0.39, 0.29) is 37.2 Å². The minimum absolute atomic E-state index is 0.120. The molecule has 2 aliphatic rings. The average Bonchev–Trinajstić information content (AvgIpc) is 3.17. The monoisotopic (exact) mass is 480 g/mol. The van der Waals surface area contributed by atoms with Crippen LogP contribution in [-0.4, -0.2) is 41.2 Å². The second-order valence-corrected chi connectivity index (χ2v) is 8.98. The number of rotatable bonds is 7. The van der Waals surface area contributed by atoms with Gasteiger partial charge in [-0.05, 0) is 61.7 Å². The highest BCUT2D eigenvalue weighted by Crippen LogP contribution is 2.31. The van der Waals surface area contributed by atoms with E-state index in [2.05, 4.69) is 0 Å². The maximum Gasteiger partial charge on any atom is 0.338 e. The van der Waals surface area contributed by atoms with Crippen LogP contribution >= 0.6 is 0 Å². The predicted molar refractivity (Wildman–Crippen MR) is 127 cm³/mol. The Morgan fingerprint density at radius 3 is 2.29 bits per heavy atom. The highest BCUT2D eigenvalue weighted by molar-refractivity contribution is 6.23. The third-order valence-corrected chi connectivity index (χ3v) is 6.64. The van der Waals surface area contributed by atoms with Gasteiger partial charge in [0, 0.05) is 12.5 Å². The van der Waals surface area contributed by atoms with Gasteiger partial charge in [-0.25, -0.2) is 14.1 Å². The second kappa shape index (κ2) is 10.8. The first-order chi connectivity index (χ1) is 16.9. The van der Waals surface area contributed by atoms with Crippen LogP contribution in [0.1, 0.15) is 61.4 Å². The van der Waals surface area contributed by atoms with Crippen LogP contribution in [0.25, 0.3) is 0 Å². The minimum Gasteiger partial charge on any atom is -0.462 e. The lowest BCUT2D eigenvalue weighted by atomic mass is 9.87. The third kappa shape index (κ3) is 5.42. The molecule has 0 spiro atoms. The Kier molecular flexibility index (Phi) is 7.58. The molecule has 184 valence electrons. The van der Waals surface area contributed by atoms with Crippen LogP contribution < -0.4 is 4.90 Å². The summed E-state index contributed by atoms with van der Waals surface area (Å²) >= 11 is 0. The van der Waals surface area contributed by atoms with Gasteiger partial charge >= 0.3 is 5.97 Å². The van der Waals surface area contributed by atoms with Crippen molar-refractivity contribution in [1.29, 1.82) is 0 Å². The van der Waals surface area contributed by atoms with E-state index >= 15 is 0 Å². The van der Waals surface area contributed by atoms with E-state index in [1.54, 1.807) is 19.1 Å². The molecule has 1 atom stereocenters. The van der Waals surface area contributed by atoms with Crippen molar-refractivity contribution >= 4 is 29.4 Å². The highest BCUT2D eigenvalue weighted by atomic mass is 19.1. The van der Waals surface area contributed by atoms with Gasteiger partial charge in [-0.2, -0.15) is 0 Å². The first-order valence-electron chi connectivity index (χ1n) is 12.1. The number of carbonyl (C=O) groups excluding carboxylic acids is 4. The lowest BCUT2D eigenvalue weighted by Gasteiger charge is -2.32. The molecule has 3 amide bonds. The SMILES string of the molecule is CCOC(=O)c1ccc(N2C(=O)CC(N(Cc3ccc(F)cc3)C(=O)C3CCCCC3)C2=O)cc1. The molecule has 8 heteroatoms. The number of nitrogens with zero attached hydrogens (tertiary/aromatic N) is 2. The summed E-state index contributed by atoms with van der Waals surface area (Å²) in [5.41, 5.74) is 1.34. The van der Waals surface area contributed by atoms with Crippen molar-refractivity contribution in [3.05, 3.63) is 65.5 Å². The molecule has 1 saturated carbocycles. The van der Waals surface area contributed by atoms with E-state index in [4.69, 9.17) is 4.74 Å². The number of carbonyl (C=O) groups is 4. The summed E-state index contributed by atoms with van der Waals surface area (Å²) in [6.07, 6.45) is 4.38. The van der Waals surface area contributed by atoms with Crippen molar-refractivity contribution in [2.24, 2.45) is 5.92 Å². The van der Waals surface area contributed by atoms with Crippen LogP contribution in [0.2, 0.25) is 0 Å². The summed E-state index contributed by atoms with van der Waals surface area (Å²) in [7, 11) is 0. The zero-order chi connectivity index (χ0) is 24.9. The zero-order valence-electron chi connectivity index (χ0n) is 19.7. The number of hydrogen-bond acceptors (Lipinski definition) is 5. The Morgan fingerprint density at radius 1 is 1.00 bits per heavy atom. The van der Waals surface area contributed by atoms with Gasteiger partial charge in [0.15, 0.2) is 0 Å². The average molecular weight is 481 g/mol. The summed E-state index contributed by atoms with van der Waals surface area (Å²) in [5, 5.41) is 0. The summed E-state index contributed by atoms with van der Waals surface area (Å²) in [4.78, 5) is 54.5. The smallest absolute Gasteiger partial charge is 0.338 e. The zero-order valence-corrected chi connectivity index (χ0v) is 19.7. The van der Waals surface area contributed by atoms with Gasteiger partial charge in [0.25, 0.3) is 5.91 Å². The Morgan fingerprint density at radius 2 is 1.66 bits per heavy atom. The van der Waals surface area contributed by atoms with Crippen molar-refractivity contribution < 1.29 is 28.3 Å². The lowest BCUT2D eigenvalue weighted by Crippen LogP contribution is -2.47. The lowest BCUT2D eigenvalue weighted by molar-refractivity contribution is -0.143. The Labute approximate surface area is 203 Å². The van der Waals surface area contributed by atoms with Crippen molar-refractivity contribution in [2.45, 2.75) is 58.0 Å². The predicted octanol–water partition coefficient (Wildman–Crippen LogP) is 4.24. The number of benzene rings is 2. The second-order valence-electron chi connectivity index (χ2n) is 8.98. The molecule has 0 bridgehead atoms. The van der Waals surface area contributed by atoms with Crippen LogP contribution in [0.4, 0.5) is 10.1 Å². The van der Waals surface area contributed by atoms with Crippen molar-refractivity contribution in [2.75, 3.05) is 11.5 Å². The molecule has 2 fully saturated rings. The Hall–Kier alpha value is -3.55. The summed E-state index contributed by atoms with van der Waals surface area (Å²) < 4.78 is 18.4. The van der Waals surface area contributed by atoms with E-state index in [0.717, 1.165) is 37.0 Å². The molecule has 1 aliphatic heterocycles. The molecule has 2 aromatic rings. The third-order valence-electron chi connectivity index (χ3n) is 6.64. The van der Waals surface area contributed by atoms with Crippen LogP contribution in [0.5, 0.6) is 0 Å². The van der Waals surface area contributed by atoms with E-state index in [9.17, 15) is 23.6 Å². The maximum atomic E-state index is 13.6. The van der Waals surface area contributed by atoms with Gasteiger partial charge < -0.3 is 9.64 Å². The Bertz CT molecular complexity index is 1090. The minimum atomic E-state index is -0.938. The summed E-state index contributed by atoms with van der Waals surface area (Å²) in [6, 6.07) is 10.9. The Balaban J connectivity index is 1.59. The van der Waals surface area contributed by atoms with E-state index in [0.29, 0.717) is 16.8 Å². The molecule has 1 aliphatic carbocycles. The number of amides is 3. The standard InChI is InChI=1S/C27H29FN2O5/c1-2-35-27(34)20-10-14-22(15-11-20)30-24(31)16-23(26(30)33)29(17-18-8-12-21(28)13-9-18)25(32)19-6-4-3-5-7-19/h8-15,19,23H,2-7,16-17H2,1H3. The van der Waals surface area contributed by atoms with Crippen LogP contribution in [-0.2, 0) is 25.7 Å². The molecule has 4 rings (SSSR count). The van der Waals surface area contributed by atoms with E-state index in [1.807, 2.05) is 0 Å². The van der Waals surface area contributed by atoms with E-state index < -0.39 is 23.8 Å². The topological polar surface area (TPSA) is 84.0 Å².